The molecule has 2 aliphatic rings. The number of aliphatic imine (C=N–C) groups is 1. The molecule has 2 aromatic rings. The molecule has 1 aromatic carbocycles. The van der Waals surface area contributed by atoms with Gasteiger partial charge in [-0.3, -0.25) is 0 Å². The molecular formula is C22H17F5N4O2S. The molecule has 34 heavy (non-hydrogen) atoms. The molecule has 0 amide bonds. The van der Waals surface area contributed by atoms with Gasteiger partial charge in [0.1, 0.15) is 17.1 Å². The van der Waals surface area contributed by atoms with Crippen LogP contribution in [0.15, 0.2) is 35.6 Å². The Labute approximate surface area is 195 Å². The Morgan fingerprint density at radius 3 is 2.82 bits per heavy atom. The maximum Gasteiger partial charge on any atom is 0.415 e. The van der Waals surface area contributed by atoms with E-state index >= 15 is 0 Å². The number of halogens is 5. The van der Waals surface area contributed by atoms with Crippen molar-refractivity contribution in [3.8, 4) is 18.2 Å². The quantitative estimate of drug-likeness (QED) is 0.499. The number of rotatable bonds is 5. The van der Waals surface area contributed by atoms with Gasteiger partial charge in [-0.1, -0.05) is 23.7 Å². The third kappa shape index (κ3) is 4.58. The number of ether oxygens (including phenoxy) is 2. The van der Waals surface area contributed by atoms with E-state index in [1.54, 1.807) is 0 Å². The summed E-state index contributed by atoms with van der Waals surface area (Å²) < 4.78 is 80.5. The summed E-state index contributed by atoms with van der Waals surface area (Å²) in [5.41, 5.74) is 4.01. The first kappa shape index (κ1) is 24.0. The predicted molar refractivity (Wildman–Crippen MR) is 117 cm³/mol. The Morgan fingerprint density at radius 2 is 2.15 bits per heavy atom. The minimum absolute atomic E-state index is 0.0246. The molecule has 3 heterocycles. The van der Waals surface area contributed by atoms with E-state index in [4.69, 9.17) is 21.6 Å². The van der Waals surface area contributed by atoms with E-state index in [1.165, 1.54) is 18.3 Å². The monoisotopic (exact) mass is 496 g/mol. The fraction of sp³-hybridized carbons (Fsp3) is 0.318. The predicted octanol–water partition coefficient (Wildman–Crippen LogP) is 3.93. The largest absolute Gasteiger partial charge is 0.463 e. The van der Waals surface area contributed by atoms with Crippen LogP contribution in [0.4, 0.5) is 22.0 Å². The van der Waals surface area contributed by atoms with Crippen molar-refractivity contribution in [3.63, 3.8) is 0 Å². The molecular weight excluding hydrogens is 479 g/mol. The maximum absolute atomic E-state index is 14.9. The highest BCUT2D eigenvalue weighted by Gasteiger charge is 2.61. The highest BCUT2D eigenvalue weighted by Crippen LogP contribution is 2.51. The molecule has 0 saturated carbocycles. The number of hydrogen-bond acceptors (Lipinski definition) is 7. The number of aromatic nitrogens is 2. The molecule has 178 valence electrons. The van der Waals surface area contributed by atoms with Gasteiger partial charge in [0, 0.05) is 17.2 Å². The second-order valence-corrected chi connectivity index (χ2v) is 8.57. The van der Waals surface area contributed by atoms with Crippen LogP contribution in [0.1, 0.15) is 16.8 Å². The lowest BCUT2D eigenvalue weighted by Gasteiger charge is -2.36. The third-order valence-corrected chi connectivity index (χ3v) is 6.34. The van der Waals surface area contributed by atoms with Crippen LogP contribution in [0.25, 0.3) is 11.9 Å². The van der Waals surface area contributed by atoms with Crippen molar-refractivity contribution in [1.29, 1.82) is 0 Å². The van der Waals surface area contributed by atoms with Gasteiger partial charge in [0.2, 0.25) is 5.88 Å². The Morgan fingerprint density at radius 1 is 1.35 bits per heavy atom. The molecule has 0 radical (unpaired) electrons. The minimum Gasteiger partial charge on any atom is -0.463 e. The normalized spacial score (nSPS) is 24.8. The summed E-state index contributed by atoms with van der Waals surface area (Å²) in [4.78, 5) is 12.0. The lowest BCUT2D eigenvalue weighted by Crippen LogP contribution is -2.46. The number of amidine groups is 1. The van der Waals surface area contributed by atoms with Crippen molar-refractivity contribution in [2.75, 3.05) is 19.0 Å². The van der Waals surface area contributed by atoms with Crippen molar-refractivity contribution < 1.29 is 31.4 Å². The summed E-state index contributed by atoms with van der Waals surface area (Å²) in [5, 5.41) is 0.0246. The number of thioether (sulfide) groups is 1. The Bertz CT molecular complexity index is 1180. The molecule has 3 atom stereocenters. The molecule has 2 N–H and O–H groups in total. The Hall–Kier alpha value is -3.17. The second kappa shape index (κ2) is 9.23. The van der Waals surface area contributed by atoms with Crippen LogP contribution in [0.3, 0.4) is 0 Å². The van der Waals surface area contributed by atoms with E-state index in [2.05, 4.69) is 20.9 Å². The van der Waals surface area contributed by atoms with Gasteiger partial charge in [0.25, 0.3) is 0 Å². The standard InChI is InChI=1S/C22H17F5N4O2S/c1-2-5-32-18-9-29-17(8-30-18)16(24)7-12-3-4-15(23)13(6-12)21-11-33-19(22(25,26)27)14(21)10-34-20(28)31-21/h1,3-4,6-9,14,19H,5,10-11H2,(H2,28,31)/b16-7-/t14-,19+,21-/m1/s1. The molecule has 1 fully saturated rings. The molecule has 0 bridgehead atoms. The van der Waals surface area contributed by atoms with Crippen LogP contribution in [0, 0.1) is 24.1 Å². The van der Waals surface area contributed by atoms with Crippen molar-refractivity contribution in [2.45, 2.75) is 17.8 Å². The molecule has 12 heteroatoms. The summed E-state index contributed by atoms with van der Waals surface area (Å²) in [6, 6.07) is 3.56. The van der Waals surface area contributed by atoms with Crippen molar-refractivity contribution in [1.82, 2.24) is 9.97 Å². The van der Waals surface area contributed by atoms with Crippen molar-refractivity contribution in [3.05, 3.63) is 53.2 Å². The summed E-state index contributed by atoms with van der Waals surface area (Å²) in [7, 11) is 0. The van der Waals surface area contributed by atoms with E-state index in [0.29, 0.717) is 0 Å². The van der Waals surface area contributed by atoms with Gasteiger partial charge in [-0.25, -0.2) is 23.7 Å². The average molecular weight is 496 g/mol. The molecule has 0 spiro atoms. The van der Waals surface area contributed by atoms with Crippen molar-refractivity contribution in [2.24, 2.45) is 16.6 Å². The van der Waals surface area contributed by atoms with E-state index in [0.717, 1.165) is 30.1 Å². The number of nitrogens with zero attached hydrogens (tertiary/aromatic N) is 3. The van der Waals surface area contributed by atoms with Gasteiger partial charge in [0.05, 0.1) is 19.0 Å². The zero-order valence-electron chi connectivity index (χ0n) is 17.4. The number of benzene rings is 1. The zero-order valence-corrected chi connectivity index (χ0v) is 18.2. The van der Waals surface area contributed by atoms with Crippen LogP contribution >= 0.6 is 11.8 Å². The number of hydrogen-bond donors (Lipinski definition) is 1. The van der Waals surface area contributed by atoms with Crippen molar-refractivity contribution >= 4 is 28.8 Å². The fourth-order valence-electron chi connectivity index (χ4n) is 3.91. The van der Waals surface area contributed by atoms with E-state index < -0.39 is 42.0 Å². The molecule has 2 aliphatic heterocycles. The highest BCUT2D eigenvalue weighted by atomic mass is 32.2. The van der Waals surface area contributed by atoms with E-state index in [1.807, 2.05) is 0 Å². The molecule has 6 nitrogen and oxygen atoms in total. The van der Waals surface area contributed by atoms with Crippen LogP contribution < -0.4 is 10.5 Å². The summed E-state index contributed by atoms with van der Waals surface area (Å²) in [6.45, 7) is -0.544. The van der Waals surface area contributed by atoms with Crippen LogP contribution in [-0.2, 0) is 10.3 Å². The number of terminal acetylenes is 1. The summed E-state index contributed by atoms with van der Waals surface area (Å²) in [6.07, 6.45) is 1.66. The van der Waals surface area contributed by atoms with Gasteiger partial charge in [-0.05, 0) is 23.8 Å². The van der Waals surface area contributed by atoms with Crippen LogP contribution in [0.2, 0.25) is 0 Å². The van der Waals surface area contributed by atoms with Gasteiger partial charge < -0.3 is 15.2 Å². The van der Waals surface area contributed by atoms with E-state index in [9.17, 15) is 22.0 Å². The minimum atomic E-state index is -4.66. The Balaban J connectivity index is 1.69. The molecule has 1 aromatic heterocycles. The maximum atomic E-state index is 14.9. The average Bonchev–Trinajstić information content (AvgIpc) is 3.19. The first-order valence-corrected chi connectivity index (χ1v) is 10.8. The number of alkyl halides is 3. The fourth-order valence-corrected chi connectivity index (χ4v) is 4.94. The first-order valence-electron chi connectivity index (χ1n) is 9.86. The molecule has 0 unspecified atom stereocenters. The number of fused-ring (bicyclic) bond motifs is 1. The Kier molecular flexibility index (Phi) is 6.51. The number of nitrogens with two attached hydrogens (primary N) is 1. The third-order valence-electron chi connectivity index (χ3n) is 5.43. The zero-order chi connectivity index (χ0) is 24.5. The first-order chi connectivity index (χ1) is 16.1. The summed E-state index contributed by atoms with van der Waals surface area (Å²) in [5.74, 6) is -0.504. The smallest absolute Gasteiger partial charge is 0.415 e. The van der Waals surface area contributed by atoms with Gasteiger partial charge >= 0.3 is 6.18 Å². The molecule has 4 rings (SSSR count). The lowest BCUT2D eigenvalue weighted by atomic mass is 9.78. The topological polar surface area (TPSA) is 82.6 Å². The highest BCUT2D eigenvalue weighted by molar-refractivity contribution is 8.13. The SMILES string of the molecule is C#CCOc1cnc(/C(F)=C/c2ccc(F)c([C@]34CO[C@H](C(F)(F)F)[C@H]3CSC(N)=N4)c2)cn1. The van der Waals surface area contributed by atoms with Crippen LogP contribution in [-0.4, -0.2) is 46.4 Å². The second-order valence-electron chi connectivity index (χ2n) is 7.53. The van der Waals surface area contributed by atoms with Crippen LogP contribution in [0.5, 0.6) is 5.88 Å². The molecule has 1 saturated heterocycles. The van der Waals surface area contributed by atoms with Gasteiger partial charge in [-0.2, -0.15) is 13.2 Å². The lowest BCUT2D eigenvalue weighted by molar-refractivity contribution is -0.215. The molecule has 0 aliphatic carbocycles. The summed E-state index contributed by atoms with van der Waals surface area (Å²) >= 11 is 0.949. The van der Waals surface area contributed by atoms with Gasteiger partial charge in [0.15, 0.2) is 23.7 Å². The van der Waals surface area contributed by atoms with E-state index in [-0.39, 0.29) is 40.2 Å². The van der Waals surface area contributed by atoms with Gasteiger partial charge in [-0.15, -0.1) is 6.42 Å².